The van der Waals surface area contributed by atoms with E-state index in [0.717, 1.165) is 35.0 Å². The van der Waals surface area contributed by atoms with E-state index in [0.29, 0.717) is 19.5 Å². The van der Waals surface area contributed by atoms with Gasteiger partial charge in [-0.2, -0.15) is 13.2 Å². The quantitative estimate of drug-likeness (QED) is 0.577. The molecule has 4 rings (SSSR count). The number of nitrogens with zero attached hydrogens (tertiary/aromatic N) is 2. The summed E-state index contributed by atoms with van der Waals surface area (Å²) in [6.07, 6.45) is -2.93. The number of carbonyl (C=O) groups is 1. The van der Waals surface area contributed by atoms with Crippen LogP contribution >= 0.6 is 0 Å². The molecule has 1 atom stereocenters. The van der Waals surface area contributed by atoms with Crippen molar-refractivity contribution >= 4 is 5.91 Å². The number of amides is 1. The minimum atomic E-state index is -4.45. The monoisotopic (exact) mass is 426 g/mol. The predicted octanol–water partition coefficient (Wildman–Crippen LogP) is 4.99. The van der Waals surface area contributed by atoms with Crippen molar-refractivity contribution < 1.29 is 22.7 Å². The average molecular weight is 426 g/mol. The fourth-order valence-corrected chi connectivity index (χ4v) is 3.60. The van der Waals surface area contributed by atoms with Crippen molar-refractivity contribution in [2.75, 3.05) is 13.1 Å². The van der Waals surface area contributed by atoms with Gasteiger partial charge in [-0.05, 0) is 22.8 Å². The van der Waals surface area contributed by atoms with Crippen molar-refractivity contribution in [1.82, 2.24) is 9.88 Å². The largest absolute Gasteiger partial charge is 0.472 e. The Morgan fingerprint density at radius 2 is 1.74 bits per heavy atom. The van der Waals surface area contributed by atoms with Gasteiger partial charge in [-0.15, -0.1) is 0 Å². The molecule has 1 aliphatic rings. The number of rotatable bonds is 5. The number of pyridine rings is 1. The van der Waals surface area contributed by atoms with Gasteiger partial charge in [0.2, 0.25) is 11.8 Å². The van der Waals surface area contributed by atoms with Crippen molar-refractivity contribution in [3.05, 3.63) is 84.1 Å². The van der Waals surface area contributed by atoms with Gasteiger partial charge in [-0.1, -0.05) is 54.6 Å². The van der Waals surface area contributed by atoms with E-state index >= 15 is 0 Å². The zero-order chi connectivity index (χ0) is 21.8. The molecule has 1 aliphatic heterocycles. The van der Waals surface area contributed by atoms with Crippen molar-refractivity contribution in [2.24, 2.45) is 0 Å². The van der Waals surface area contributed by atoms with Crippen LogP contribution in [0.3, 0.4) is 0 Å². The molecule has 4 nitrogen and oxygen atoms in total. The van der Waals surface area contributed by atoms with Crippen molar-refractivity contribution in [2.45, 2.75) is 25.1 Å². The van der Waals surface area contributed by atoms with Crippen LogP contribution in [0.5, 0.6) is 5.88 Å². The molecular weight excluding hydrogens is 405 g/mol. The lowest BCUT2D eigenvalue weighted by Crippen LogP contribution is -2.32. The van der Waals surface area contributed by atoms with Crippen molar-refractivity contribution in [3.63, 3.8) is 0 Å². The molecule has 31 heavy (non-hydrogen) atoms. The molecule has 0 aliphatic carbocycles. The molecule has 1 aromatic heterocycles. The first-order valence-electron chi connectivity index (χ1n) is 10.0. The summed E-state index contributed by atoms with van der Waals surface area (Å²) >= 11 is 0. The van der Waals surface area contributed by atoms with Gasteiger partial charge in [0.25, 0.3) is 0 Å². The van der Waals surface area contributed by atoms with Crippen molar-refractivity contribution in [3.8, 4) is 17.0 Å². The number of hydrogen-bond donors (Lipinski definition) is 0. The third-order valence-corrected chi connectivity index (χ3v) is 5.26. The number of likely N-dealkylation sites (tertiary alicyclic amines) is 1. The molecule has 0 radical (unpaired) electrons. The Hall–Kier alpha value is -3.35. The highest BCUT2D eigenvalue weighted by Gasteiger charge is 2.32. The van der Waals surface area contributed by atoms with Crippen LogP contribution in [0.25, 0.3) is 11.1 Å². The predicted molar refractivity (Wildman–Crippen MR) is 110 cm³/mol. The number of carbonyl (C=O) groups excluding carboxylic acids is 1. The maximum Gasteiger partial charge on any atom is 0.416 e. The standard InChI is InChI=1S/C24H21F3N2O2/c25-24(26,27)20-10-12-28-22(15-20)31-21-11-13-29(16-21)23(30)14-17-6-8-19(9-7-17)18-4-2-1-3-5-18/h1-10,12,15,21H,11,13-14,16H2. The van der Waals surface area contributed by atoms with Gasteiger partial charge in [0.15, 0.2) is 0 Å². The number of benzene rings is 2. The normalized spacial score (nSPS) is 16.4. The molecule has 160 valence electrons. The van der Waals surface area contributed by atoms with E-state index in [1.807, 2.05) is 54.6 Å². The maximum atomic E-state index is 12.8. The second-order valence-electron chi connectivity index (χ2n) is 7.49. The van der Waals surface area contributed by atoms with E-state index in [9.17, 15) is 18.0 Å². The molecule has 1 fully saturated rings. The minimum absolute atomic E-state index is 0.0319. The summed E-state index contributed by atoms with van der Waals surface area (Å²) in [5, 5.41) is 0. The fourth-order valence-electron chi connectivity index (χ4n) is 3.60. The average Bonchev–Trinajstić information content (AvgIpc) is 3.23. The minimum Gasteiger partial charge on any atom is -0.472 e. The Kier molecular flexibility index (Phi) is 5.93. The smallest absolute Gasteiger partial charge is 0.416 e. The molecule has 0 saturated carbocycles. The summed E-state index contributed by atoms with van der Waals surface area (Å²) in [5.74, 6) is -0.110. The van der Waals surface area contributed by atoms with E-state index in [1.165, 1.54) is 0 Å². The summed E-state index contributed by atoms with van der Waals surface area (Å²) in [7, 11) is 0. The zero-order valence-electron chi connectivity index (χ0n) is 16.7. The molecule has 1 amide bonds. The van der Waals surface area contributed by atoms with Crippen LogP contribution in [0.15, 0.2) is 72.9 Å². The van der Waals surface area contributed by atoms with E-state index in [-0.39, 0.29) is 24.3 Å². The summed E-state index contributed by atoms with van der Waals surface area (Å²) in [6.45, 7) is 0.837. The number of ether oxygens (including phenoxy) is 1. The zero-order valence-corrected chi connectivity index (χ0v) is 16.7. The van der Waals surface area contributed by atoms with Gasteiger partial charge in [0.1, 0.15) is 6.10 Å². The lowest BCUT2D eigenvalue weighted by molar-refractivity contribution is -0.137. The highest BCUT2D eigenvalue weighted by atomic mass is 19.4. The van der Waals surface area contributed by atoms with Gasteiger partial charge in [-0.3, -0.25) is 4.79 Å². The molecule has 7 heteroatoms. The van der Waals surface area contributed by atoms with E-state index in [2.05, 4.69) is 4.98 Å². The van der Waals surface area contributed by atoms with Gasteiger partial charge in [-0.25, -0.2) is 4.98 Å². The molecular formula is C24H21F3N2O2. The van der Waals surface area contributed by atoms with Gasteiger partial charge >= 0.3 is 6.18 Å². The van der Waals surface area contributed by atoms with Gasteiger partial charge in [0, 0.05) is 25.2 Å². The van der Waals surface area contributed by atoms with Crippen LogP contribution in [-0.4, -0.2) is 35.0 Å². The number of hydrogen-bond acceptors (Lipinski definition) is 3. The van der Waals surface area contributed by atoms with E-state index in [1.54, 1.807) is 4.90 Å². The third kappa shape index (κ3) is 5.23. The van der Waals surface area contributed by atoms with Crippen LogP contribution in [0.2, 0.25) is 0 Å². The lowest BCUT2D eigenvalue weighted by atomic mass is 10.0. The summed E-state index contributed by atoms with van der Waals surface area (Å²) < 4.78 is 44.1. The molecule has 0 bridgehead atoms. The molecule has 2 heterocycles. The second kappa shape index (κ2) is 8.79. The highest BCUT2D eigenvalue weighted by molar-refractivity contribution is 5.79. The molecule has 0 N–H and O–H groups in total. The van der Waals surface area contributed by atoms with Crippen LogP contribution in [0, 0.1) is 0 Å². The van der Waals surface area contributed by atoms with Gasteiger partial charge in [0.05, 0.1) is 18.5 Å². The first-order chi connectivity index (χ1) is 14.9. The summed E-state index contributed by atoms with van der Waals surface area (Å²) in [5.41, 5.74) is 2.30. The third-order valence-electron chi connectivity index (χ3n) is 5.26. The van der Waals surface area contributed by atoms with Crippen LogP contribution in [0.1, 0.15) is 17.5 Å². The fraction of sp³-hybridized carbons (Fsp3) is 0.250. The molecule has 0 spiro atoms. The molecule has 1 saturated heterocycles. The number of aromatic nitrogens is 1. The molecule has 3 aromatic rings. The topological polar surface area (TPSA) is 42.4 Å². The number of halogens is 3. The van der Waals surface area contributed by atoms with Gasteiger partial charge < -0.3 is 9.64 Å². The first-order valence-corrected chi connectivity index (χ1v) is 10.0. The Morgan fingerprint density at radius 1 is 1.03 bits per heavy atom. The van der Waals surface area contributed by atoms with Crippen molar-refractivity contribution in [1.29, 1.82) is 0 Å². The Morgan fingerprint density at radius 3 is 2.45 bits per heavy atom. The molecule has 1 unspecified atom stereocenters. The first kappa shape index (κ1) is 20.9. The Bertz CT molecular complexity index is 1040. The molecule has 2 aromatic carbocycles. The number of alkyl halides is 3. The SMILES string of the molecule is O=C(Cc1ccc(-c2ccccc2)cc1)N1CCC(Oc2cc(C(F)(F)F)ccn2)C1. The lowest BCUT2D eigenvalue weighted by Gasteiger charge is -2.17. The van der Waals surface area contributed by atoms with Crippen LogP contribution in [0.4, 0.5) is 13.2 Å². The Balaban J connectivity index is 1.33. The van der Waals surface area contributed by atoms with Crippen LogP contribution in [-0.2, 0) is 17.4 Å². The van der Waals surface area contributed by atoms with E-state index < -0.39 is 11.7 Å². The maximum absolute atomic E-state index is 12.8. The summed E-state index contributed by atoms with van der Waals surface area (Å²) in [4.78, 5) is 18.2. The Labute approximate surface area is 178 Å². The highest BCUT2D eigenvalue weighted by Crippen LogP contribution is 2.31. The summed E-state index contributed by atoms with van der Waals surface area (Å²) in [6, 6.07) is 19.6. The van der Waals surface area contributed by atoms with E-state index in [4.69, 9.17) is 4.74 Å². The van der Waals surface area contributed by atoms with Crippen LogP contribution < -0.4 is 4.74 Å². The second-order valence-corrected chi connectivity index (χ2v) is 7.49.